The Kier molecular flexibility index (Phi) is 4.73. The first-order valence-corrected chi connectivity index (χ1v) is 7.28. The molecule has 0 spiro atoms. The van der Waals surface area contributed by atoms with Crippen LogP contribution in [0.4, 0.5) is 0 Å². The Bertz CT molecular complexity index is 316. The first kappa shape index (κ1) is 12.0. The van der Waals surface area contributed by atoms with E-state index in [1.165, 1.54) is 49.2 Å². The molecule has 1 unspecified atom stereocenters. The highest BCUT2D eigenvalue weighted by Gasteiger charge is 2.12. The van der Waals surface area contributed by atoms with Crippen molar-refractivity contribution in [3.05, 3.63) is 35.4 Å². The fourth-order valence-corrected chi connectivity index (χ4v) is 3.42. The Balaban J connectivity index is 1.84. The van der Waals surface area contributed by atoms with Gasteiger partial charge in [-0.3, -0.25) is 0 Å². The van der Waals surface area contributed by atoms with Gasteiger partial charge in [-0.15, -0.1) is 0 Å². The van der Waals surface area contributed by atoms with Crippen LogP contribution in [-0.2, 0) is 5.75 Å². The van der Waals surface area contributed by atoms with Gasteiger partial charge in [0, 0.05) is 17.5 Å². The van der Waals surface area contributed by atoms with Crippen LogP contribution in [0.25, 0.3) is 0 Å². The summed E-state index contributed by atoms with van der Waals surface area (Å²) in [6.45, 7) is 4.61. The van der Waals surface area contributed by atoms with Crippen LogP contribution in [0.5, 0.6) is 0 Å². The standard InChI is InChI=1S/C14H21NS/c1-12-6-2-3-7-13(12)11-16-14-8-4-5-9-15-10-14/h2-3,6-7,14-15H,4-5,8-11H2,1H3. The lowest BCUT2D eigenvalue weighted by Crippen LogP contribution is -2.22. The molecule has 1 aromatic rings. The zero-order valence-electron chi connectivity index (χ0n) is 10.0. The molecule has 2 heteroatoms. The molecule has 1 fully saturated rings. The maximum Gasteiger partial charge on any atom is 0.0190 e. The highest BCUT2D eigenvalue weighted by atomic mass is 32.2. The van der Waals surface area contributed by atoms with Gasteiger partial charge in [-0.05, 0) is 37.4 Å². The number of rotatable bonds is 3. The van der Waals surface area contributed by atoms with Gasteiger partial charge in [0.2, 0.25) is 0 Å². The van der Waals surface area contributed by atoms with Crippen LogP contribution in [-0.4, -0.2) is 18.3 Å². The zero-order valence-corrected chi connectivity index (χ0v) is 10.9. The fourth-order valence-electron chi connectivity index (χ4n) is 2.11. The summed E-state index contributed by atoms with van der Waals surface area (Å²) < 4.78 is 0. The first-order chi connectivity index (χ1) is 7.86. The third-order valence-electron chi connectivity index (χ3n) is 3.24. The SMILES string of the molecule is Cc1ccccc1CSC1CCCCNC1. The number of nitrogens with one attached hydrogen (secondary N) is 1. The van der Waals surface area contributed by atoms with E-state index in [2.05, 4.69) is 48.3 Å². The molecule has 1 aliphatic heterocycles. The van der Waals surface area contributed by atoms with Crippen molar-refractivity contribution >= 4 is 11.8 Å². The smallest absolute Gasteiger partial charge is 0.0190 e. The number of benzene rings is 1. The molecule has 1 atom stereocenters. The van der Waals surface area contributed by atoms with Crippen molar-refractivity contribution in [2.75, 3.05) is 13.1 Å². The summed E-state index contributed by atoms with van der Waals surface area (Å²) in [4.78, 5) is 0. The van der Waals surface area contributed by atoms with E-state index in [0.29, 0.717) is 0 Å². The average molecular weight is 235 g/mol. The van der Waals surface area contributed by atoms with Crippen molar-refractivity contribution in [1.29, 1.82) is 0 Å². The van der Waals surface area contributed by atoms with Crippen LogP contribution in [0.3, 0.4) is 0 Å². The second-order valence-corrected chi connectivity index (χ2v) is 5.85. The topological polar surface area (TPSA) is 12.0 Å². The lowest BCUT2D eigenvalue weighted by molar-refractivity contribution is 0.706. The third-order valence-corrected chi connectivity index (χ3v) is 4.59. The van der Waals surface area contributed by atoms with Crippen LogP contribution >= 0.6 is 11.8 Å². The highest BCUT2D eigenvalue weighted by molar-refractivity contribution is 7.99. The van der Waals surface area contributed by atoms with E-state index >= 15 is 0 Å². The van der Waals surface area contributed by atoms with E-state index in [-0.39, 0.29) is 0 Å². The van der Waals surface area contributed by atoms with E-state index in [0.717, 1.165) is 5.25 Å². The number of thioether (sulfide) groups is 1. The van der Waals surface area contributed by atoms with Gasteiger partial charge in [-0.25, -0.2) is 0 Å². The molecule has 1 aliphatic rings. The van der Waals surface area contributed by atoms with Crippen LogP contribution in [0, 0.1) is 6.92 Å². The molecule has 0 aliphatic carbocycles. The van der Waals surface area contributed by atoms with Crippen molar-refractivity contribution in [2.45, 2.75) is 37.2 Å². The second kappa shape index (κ2) is 6.31. The molecular weight excluding hydrogens is 214 g/mol. The van der Waals surface area contributed by atoms with Crippen LogP contribution in [0.1, 0.15) is 30.4 Å². The monoisotopic (exact) mass is 235 g/mol. The molecule has 88 valence electrons. The quantitative estimate of drug-likeness (QED) is 0.862. The van der Waals surface area contributed by atoms with Gasteiger partial charge in [-0.1, -0.05) is 30.7 Å². The molecule has 1 saturated heterocycles. The molecule has 1 aromatic carbocycles. The molecule has 0 aromatic heterocycles. The zero-order chi connectivity index (χ0) is 11.2. The number of hydrogen-bond acceptors (Lipinski definition) is 2. The molecule has 0 radical (unpaired) electrons. The Morgan fingerprint density at radius 1 is 1.31 bits per heavy atom. The molecule has 0 amide bonds. The Morgan fingerprint density at radius 3 is 3.06 bits per heavy atom. The lowest BCUT2D eigenvalue weighted by atomic mass is 10.1. The highest BCUT2D eigenvalue weighted by Crippen LogP contribution is 2.24. The molecule has 1 N–H and O–H groups in total. The Morgan fingerprint density at radius 2 is 2.19 bits per heavy atom. The first-order valence-electron chi connectivity index (χ1n) is 6.23. The Labute approximate surface area is 103 Å². The largest absolute Gasteiger partial charge is 0.316 e. The van der Waals surface area contributed by atoms with Crippen molar-refractivity contribution < 1.29 is 0 Å². The van der Waals surface area contributed by atoms with E-state index in [1.807, 2.05) is 0 Å². The van der Waals surface area contributed by atoms with Gasteiger partial charge in [0.05, 0.1) is 0 Å². The molecular formula is C14H21NS. The summed E-state index contributed by atoms with van der Waals surface area (Å²) in [6, 6.07) is 8.73. The van der Waals surface area contributed by atoms with Crippen LogP contribution in [0.2, 0.25) is 0 Å². The normalized spacial score (nSPS) is 21.7. The van der Waals surface area contributed by atoms with Gasteiger partial charge in [0.25, 0.3) is 0 Å². The van der Waals surface area contributed by atoms with E-state index in [1.54, 1.807) is 0 Å². The van der Waals surface area contributed by atoms with Crippen LogP contribution < -0.4 is 5.32 Å². The summed E-state index contributed by atoms with van der Waals surface area (Å²) in [5.41, 5.74) is 2.92. The lowest BCUT2D eigenvalue weighted by Gasteiger charge is -2.14. The molecule has 0 bridgehead atoms. The fraction of sp³-hybridized carbons (Fsp3) is 0.571. The van der Waals surface area contributed by atoms with Gasteiger partial charge in [-0.2, -0.15) is 11.8 Å². The van der Waals surface area contributed by atoms with E-state index < -0.39 is 0 Å². The summed E-state index contributed by atoms with van der Waals surface area (Å²) in [6.07, 6.45) is 4.11. The minimum atomic E-state index is 0.808. The van der Waals surface area contributed by atoms with Crippen LogP contribution in [0.15, 0.2) is 24.3 Å². The van der Waals surface area contributed by atoms with Crippen molar-refractivity contribution in [3.8, 4) is 0 Å². The molecule has 16 heavy (non-hydrogen) atoms. The summed E-state index contributed by atoms with van der Waals surface area (Å²) in [5.74, 6) is 1.17. The van der Waals surface area contributed by atoms with Crippen molar-refractivity contribution in [2.24, 2.45) is 0 Å². The predicted molar refractivity (Wildman–Crippen MR) is 73.0 cm³/mol. The minimum absolute atomic E-state index is 0.808. The Hall–Kier alpha value is -0.470. The summed E-state index contributed by atoms with van der Waals surface area (Å²) >= 11 is 2.12. The molecule has 2 rings (SSSR count). The van der Waals surface area contributed by atoms with Gasteiger partial charge < -0.3 is 5.32 Å². The maximum atomic E-state index is 3.53. The van der Waals surface area contributed by atoms with Gasteiger partial charge >= 0.3 is 0 Å². The number of hydrogen-bond donors (Lipinski definition) is 1. The van der Waals surface area contributed by atoms with Crippen molar-refractivity contribution in [3.63, 3.8) is 0 Å². The van der Waals surface area contributed by atoms with E-state index in [4.69, 9.17) is 0 Å². The van der Waals surface area contributed by atoms with E-state index in [9.17, 15) is 0 Å². The molecule has 0 saturated carbocycles. The summed E-state index contributed by atoms with van der Waals surface area (Å²) in [5, 5.41) is 4.33. The van der Waals surface area contributed by atoms with Gasteiger partial charge in [0.15, 0.2) is 0 Å². The average Bonchev–Trinajstić information content (AvgIpc) is 2.56. The molecule has 1 heterocycles. The second-order valence-electron chi connectivity index (χ2n) is 4.56. The van der Waals surface area contributed by atoms with Crippen molar-refractivity contribution in [1.82, 2.24) is 5.32 Å². The minimum Gasteiger partial charge on any atom is -0.316 e. The number of aryl methyl sites for hydroxylation is 1. The third kappa shape index (κ3) is 3.53. The summed E-state index contributed by atoms with van der Waals surface area (Å²) in [7, 11) is 0. The van der Waals surface area contributed by atoms with Gasteiger partial charge in [0.1, 0.15) is 0 Å². The molecule has 1 nitrogen and oxygen atoms in total. The maximum absolute atomic E-state index is 3.53. The predicted octanol–water partition coefficient (Wildman–Crippen LogP) is 3.37.